The fourth-order valence-electron chi connectivity index (χ4n) is 2.64. The Morgan fingerprint density at radius 3 is 2.27 bits per heavy atom. The Morgan fingerprint density at radius 1 is 0.933 bits per heavy atom. The predicted molar refractivity (Wildman–Crippen MR) is 119 cm³/mol. The van der Waals surface area contributed by atoms with Gasteiger partial charge in [-0.25, -0.2) is 8.42 Å². The fraction of sp³-hybridized carbons (Fsp3) is 0.136. The van der Waals surface area contributed by atoms with Crippen molar-refractivity contribution < 1.29 is 17.9 Å². The first-order valence-corrected chi connectivity index (χ1v) is 11.0. The molecule has 0 spiro atoms. The first-order valence-electron chi connectivity index (χ1n) is 9.12. The van der Waals surface area contributed by atoms with Crippen molar-refractivity contribution in [1.29, 1.82) is 0 Å². The lowest BCUT2D eigenvalue weighted by Crippen LogP contribution is -2.20. The van der Waals surface area contributed by atoms with E-state index in [0.717, 1.165) is 11.1 Å². The van der Waals surface area contributed by atoms with Gasteiger partial charge in [0.05, 0.1) is 9.92 Å². The van der Waals surface area contributed by atoms with E-state index in [2.05, 4.69) is 10.0 Å². The van der Waals surface area contributed by atoms with E-state index in [-0.39, 0.29) is 11.5 Å². The number of carbonyl (C=O) groups is 1. The highest BCUT2D eigenvalue weighted by Gasteiger charge is 2.15. The van der Waals surface area contributed by atoms with Crippen molar-refractivity contribution in [3.05, 3.63) is 82.9 Å². The lowest BCUT2D eigenvalue weighted by Gasteiger charge is -2.11. The molecule has 0 unspecified atom stereocenters. The van der Waals surface area contributed by atoms with Crippen LogP contribution in [0.5, 0.6) is 5.75 Å². The number of hydrogen-bond acceptors (Lipinski definition) is 4. The summed E-state index contributed by atoms with van der Waals surface area (Å²) < 4.78 is 33.1. The quantitative estimate of drug-likeness (QED) is 0.549. The zero-order valence-electron chi connectivity index (χ0n) is 16.5. The van der Waals surface area contributed by atoms with Crippen LogP contribution in [0.25, 0.3) is 0 Å². The molecule has 0 aliphatic heterocycles. The number of nitrogens with one attached hydrogen (secondary N) is 2. The van der Waals surface area contributed by atoms with E-state index >= 15 is 0 Å². The molecule has 0 saturated carbocycles. The molecule has 6 nitrogen and oxygen atoms in total. The minimum Gasteiger partial charge on any atom is -0.482 e. The SMILES string of the molecule is Cc1ccc(NS(=O)(=O)c2ccc(NC(=O)COc3ccccc3Cl)cc2)cc1C. The Kier molecular flexibility index (Phi) is 6.64. The molecule has 0 aromatic heterocycles. The van der Waals surface area contributed by atoms with Crippen molar-refractivity contribution in [3.8, 4) is 5.75 Å². The first-order chi connectivity index (χ1) is 14.2. The van der Waals surface area contributed by atoms with Gasteiger partial charge in [-0.1, -0.05) is 29.8 Å². The second kappa shape index (κ2) is 9.19. The van der Waals surface area contributed by atoms with Gasteiger partial charge in [0, 0.05) is 11.4 Å². The van der Waals surface area contributed by atoms with Gasteiger partial charge in [-0.2, -0.15) is 0 Å². The highest BCUT2D eigenvalue weighted by atomic mass is 35.5. The summed E-state index contributed by atoms with van der Waals surface area (Å²) in [5.41, 5.74) is 3.02. The van der Waals surface area contributed by atoms with Gasteiger partial charge in [0.1, 0.15) is 5.75 Å². The van der Waals surface area contributed by atoms with Crippen molar-refractivity contribution in [2.24, 2.45) is 0 Å². The zero-order chi connectivity index (χ0) is 21.7. The van der Waals surface area contributed by atoms with Crippen LogP contribution < -0.4 is 14.8 Å². The Balaban J connectivity index is 1.61. The summed E-state index contributed by atoms with van der Waals surface area (Å²) in [6.07, 6.45) is 0. The van der Waals surface area contributed by atoms with Crippen molar-refractivity contribution in [1.82, 2.24) is 0 Å². The molecule has 0 aliphatic rings. The molecule has 0 aliphatic carbocycles. The van der Waals surface area contributed by atoms with Crippen molar-refractivity contribution in [2.45, 2.75) is 18.7 Å². The van der Waals surface area contributed by atoms with Crippen LogP contribution in [-0.2, 0) is 14.8 Å². The van der Waals surface area contributed by atoms with Crippen LogP contribution in [0.3, 0.4) is 0 Å². The van der Waals surface area contributed by atoms with Gasteiger partial charge < -0.3 is 10.1 Å². The normalized spacial score (nSPS) is 11.0. The molecule has 0 atom stereocenters. The lowest BCUT2D eigenvalue weighted by atomic mass is 10.1. The highest BCUT2D eigenvalue weighted by molar-refractivity contribution is 7.92. The Labute approximate surface area is 180 Å². The van der Waals surface area contributed by atoms with Crippen molar-refractivity contribution in [2.75, 3.05) is 16.6 Å². The number of hydrogen-bond donors (Lipinski definition) is 2. The molecule has 2 N–H and O–H groups in total. The van der Waals surface area contributed by atoms with E-state index in [4.69, 9.17) is 16.3 Å². The van der Waals surface area contributed by atoms with Gasteiger partial charge in [0.2, 0.25) is 0 Å². The lowest BCUT2D eigenvalue weighted by molar-refractivity contribution is -0.118. The number of halogens is 1. The molecular weight excluding hydrogens is 424 g/mol. The van der Waals surface area contributed by atoms with Crippen LogP contribution in [0.1, 0.15) is 11.1 Å². The smallest absolute Gasteiger partial charge is 0.262 e. The maximum atomic E-state index is 12.6. The third-order valence-corrected chi connectivity index (χ3v) is 6.11. The van der Waals surface area contributed by atoms with Crippen molar-refractivity contribution in [3.63, 3.8) is 0 Å². The standard InChI is InChI=1S/C22H21ClN2O4S/c1-15-7-8-18(13-16(15)2)25-30(27,28)19-11-9-17(10-12-19)24-22(26)14-29-21-6-4-3-5-20(21)23/h3-13,25H,14H2,1-2H3,(H,24,26). The van der Waals surface area contributed by atoms with Gasteiger partial charge in [-0.3, -0.25) is 9.52 Å². The van der Waals surface area contributed by atoms with Crippen LogP contribution in [0.15, 0.2) is 71.6 Å². The van der Waals surface area contributed by atoms with Crippen LogP contribution in [0, 0.1) is 13.8 Å². The molecule has 156 valence electrons. The molecule has 30 heavy (non-hydrogen) atoms. The third-order valence-electron chi connectivity index (χ3n) is 4.40. The van der Waals surface area contributed by atoms with E-state index in [0.29, 0.717) is 22.1 Å². The Bertz CT molecular complexity index is 1160. The number of sulfonamides is 1. The van der Waals surface area contributed by atoms with Crippen LogP contribution in [0.4, 0.5) is 11.4 Å². The van der Waals surface area contributed by atoms with Crippen molar-refractivity contribution >= 4 is 38.9 Å². The summed E-state index contributed by atoms with van der Waals surface area (Å²) in [7, 11) is -3.74. The van der Waals surface area contributed by atoms with Crippen LogP contribution >= 0.6 is 11.6 Å². The molecule has 0 saturated heterocycles. The van der Waals surface area contributed by atoms with E-state index < -0.39 is 15.9 Å². The summed E-state index contributed by atoms with van der Waals surface area (Å²) >= 11 is 5.98. The first kappa shape index (κ1) is 21.7. The summed E-state index contributed by atoms with van der Waals surface area (Å²) in [6.45, 7) is 3.65. The molecule has 0 heterocycles. The second-order valence-corrected chi connectivity index (χ2v) is 8.79. The summed E-state index contributed by atoms with van der Waals surface area (Å²) in [5.74, 6) is 0.0203. The van der Waals surface area contributed by atoms with Crippen LogP contribution in [0.2, 0.25) is 5.02 Å². The fourth-order valence-corrected chi connectivity index (χ4v) is 3.88. The predicted octanol–water partition coefficient (Wildman–Crippen LogP) is 4.78. The number of rotatable bonds is 7. The van der Waals surface area contributed by atoms with E-state index in [1.165, 1.54) is 24.3 Å². The maximum absolute atomic E-state index is 12.6. The number of aryl methyl sites for hydroxylation is 2. The molecule has 0 radical (unpaired) electrons. The molecule has 3 rings (SSSR count). The highest BCUT2D eigenvalue weighted by Crippen LogP contribution is 2.23. The van der Waals surface area contributed by atoms with Gasteiger partial charge >= 0.3 is 0 Å². The topological polar surface area (TPSA) is 84.5 Å². The summed E-state index contributed by atoms with van der Waals surface area (Å²) in [5, 5.41) is 3.06. The van der Waals surface area contributed by atoms with Gasteiger partial charge in [-0.05, 0) is 73.5 Å². The monoisotopic (exact) mass is 444 g/mol. The number of anilines is 2. The number of ether oxygens (including phenoxy) is 1. The van der Waals surface area contributed by atoms with Gasteiger partial charge in [-0.15, -0.1) is 0 Å². The molecule has 0 bridgehead atoms. The molecule has 8 heteroatoms. The minimum absolute atomic E-state index is 0.0889. The minimum atomic E-state index is -3.74. The summed E-state index contributed by atoms with van der Waals surface area (Å²) in [6, 6.07) is 18.1. The van der Waals surface area contributed by atoms with E-state index in [1.54, 1.807) is 36.4 Å². The van der Waals surface area contributed by atoms with Gasteiger partial charge in [0.25, 0.3) is 15.9 Å². The molecule has 0 fully saturated rings. The van der Waals surface area contributed by atoms with E-state index in [9.17, 15) is 13.2 Å². The van der Waals surface area contributed by atoms with Gasteiger partial charge in [0.15, 0.2) is 6.61 Å². The Morgan fingerprint density at radius 2 is 1.60 bits per heavy atom. The molecule has 3 aromatic carbocycles. The number of carbonyl (C=O) groups excluding carboxylic acids is 1. The van der Waals surface area contributed by atoms with E-state index in [1.807, 2.05) is 19.9 Å². The maximum Gasteiger partial charge on any atom is 0.262 e. The third kappa shape index (κ3) is 5.52. The summed E-state index contributed by atoms with van der Waals surface area (Å²) in [4.78, 5) is 12.2. The zero-order valence-corrected chi connectivity index (χ0v) is 18.0. The number of para-hydroxylation sites is 1. The molecule has 1 amide bonds. The molecular formula is C22H21ClN2O4S. The average Bonchev–Trinajstić information content (AvgIpc) is 2.70. The largest absolute Gasteiger partial charge is 0.482 e. The average molecular weight is 445 g/mol. The second-order valence-electron chi connectivity index (χ2n) is 6.70. The Hall–Kier alpha value is -3.03. The van der Waals surface area contributed by atoms with Crippen LogP contribution in [-0.4, -0.2) is 20.9 Å². The number of benzene rings is 3. The molecule has 3 aromatic rings. The number of amides is 1.